The molecule has 0 aliphatic carbocycles. The van der Waals surface area contributed by atoms with Gasteiger partial charge in [0.1, 0.15) is 12.2 Å². The van der Waals surface area contributed by atoms with Crippen LogP contribution in [0.5, 0.6) is 0 Å². The van der Waals surface area contributed by atoms with Crippen LogP contribution in [0.1, 0.15) is 0 Å². The summed E-state index contributed by atoms with van der Waals surface area (Å²) in [6.07, 6.45) is -4.70. The molecule has 6 nitrogen and oxygen atoms in total. The molecule has 13 heavy (non-hydrogen) atoms. The van der Waals surface area contributed by atoms with E-state index in [1.807, 2.05) is 0 Å². The second-order valence-electron chi connectivity index (χ2n) is 2.79. The summed E-state index contributed by atoms with van der Waals surface area (Å²) in [7, 11) is 1.31. The molecule has 1 saturated heterocycles. The van der Waals surface area contributed by atoms with Gasteiger partial charge >= 0.3 is 5.97 Å². The van der Waals surface area contributed by atoms with Crippen LogP contribution in [0.25, 0.3) is 0 Å². The Morgan fingerprint density at radius 1 is 1.62 bits per heavy atom. The lowest BCUT2D eigenvalue weighted by Crippen LogP contribution is -2.41. The first kappa shape index (κ1) is 10.4. The van der Waals surface area contributed by atoms with Crippen LogP contribution in [-0.4, -0.2) is 59.4 Å². The molecule has 1 fully saturated rings. The van der Waals surface area contributed by atoms with Crippen LogP contribution in [0.4, 0.5) is 0 Å². The molecule has 3 N–H and O–H groups in total. The molecule has 0 aromatic heterocycles. The van der Waals surface area contributed by atoms with Gasteiger partial charge in [0.15, 0.2) is 12.2 Å². The number of hydrogen-bond acceptors (Lipinski definition) is 6. The van der Waals surface area contributed by atoms with Gasteiger partial charge in [0.25, 0.3) is 0 Å². The van der Waals surface area contributed by atoms with Gasteiger partial charge in [-0.3, -0.25) is 0 Å². The molecule has 0 saturated carbocycles. The summed E-state index contributed by atoms with van der Waals surface area (Å²) < 4.78 is 9.36. The number of methoxy groups -OCH3 is 1. The lowest BCUT2D eigenvalue weighted by molar-refractivity contribution is -0.152. The summed E-state index contributed by atoms with van der Waals surface area (Å²) in [5.41, 5.74) is 0. The molecule has 0 amide bonds. The summed E-state index contributed by atoms with van der Waals surface area (Å²) >= 11 is 0. The minimum absolute atomic E-state index is 0.391. The standard InChI is InChI=1S/C7H12O6/c1-12-3(2-8)6-4(9)5(10)7(11)13-6/h3-6,8-10H,2H2,1H3/t3?,4-,5-,6-/m1/s1. The highest BCUT2D eigenvalue weighted by Gasteiger charge is 2.46. The normalized spacial score (nSPS) is 36.0. The lowest BCUT2D eigenvalue weighted by Gasteiger charge is -2.21. The van der Waals surface area contributed by atoms with Crippen molar-refractivity contribution in [3.63, 3.8) is 0 Å². The van der Waals surface area contributed by atoms with E-state index in [0.717, 1.165) is 0 Å². The number of carbonyl (C=O) groups excluding carboxylic acids is 1. The minimum atomic E-state index is -1.55. The maximum Gasteiger partial charge on any atom is 0.338 e. The predicted molar refractivity (Wildman–Crippen MR) is 39.8 cm³/mol. The Bertz CT molecular complexity index is 189. The fraction of sp³-hybridized carbons (Fsp3) is 0.857. The van der Waals surface area contributed by atoms with E-state index in [0.29, 0.717) is 0 Å². The van der Waals surface area contributed by atoms with E-state index < -0.39 is 37.0 Å². The SMILES string of the molecule is COC(CO)[C@H]1OC(=O)[C@H](O)[C@H]1O. The van der Waals surface area contributed by atoms with Crippen LogP contribution >= 0.6 is 0 Å². The van der Waals surface area contributed by atoms with Crippen LogP contribution in [0.2, 0.25) is 0 Å². The van der Waals surface area contributed by atoms with E-state index in [-0.39, 0.29) is 0 Å². The number of ether oxygens (including phenoxy) is 2. The molecule has 1 rings (SSSR count). The van der Waals surface area contributed by atoms with Gasteiger partial charge in [0, 0.05) is 7.11 Å². The third kappa shape index (κ3) is 1.80. The van der Waals surface area contributed by atoms with Crippen molar-refractivity contribution in [3.8, 4) is 0 Å². The molecule has 1 aliphatic heterocycles. The van der Waals surface area contributed by atoms with Gasteiger partial charge < -0.3 is 24.8 Å². The fourth-order valence-corrected chi connectivity index (χ4v) is 1.20. The summed E-state index contributed by atoms with van der Waals surface area (Å²) in [5, 5.41) is 27.1. The average Bonchev–Trinajstić information content (AvgIpc) is 2.36. The molecule has 1 aliphatic rings. The van der Waals surface area contributed by atoms with E-state index in [1.165, 1.54) is 7.11 Å². The summed E-state index contributed by atoms with van der Waals surface area (Å²) in [6.45, 7) is -0.391. The third-order valence-corrected chi connectivity index (χ3v) is 2.00. The van der Waals surface area contributed by atoms with Crippen molar-refractivity contribution in [1.29, 1.82) is 0 Å². The van der Waals surface area contributed by atoms with Crippen molar-refractivity contribution in [2.24, 2.45) is 0 Å². The molecule has 0 aromatic rings. The number of aliphatic hydroxyl groups is 3. The molecule has 4 atom stereocenters. The van der Waals surface area contributed by atoms with Gasteiger partial charge in [-0.1, -0.05) is 0 Å². The number of rotatable bonds is 3. The summed E-state index contributed by atoms with van der Waals surface area (Å²) in [5.74, 6) is -0.895. The van der Waals surface area contributed by atoms with Crippen LogP contribution in [0, 0.1) is 0 Å². The molecule has 76 valence electrons. The largest absolute Gasteiger partial charge is 0.455 e. The van der Waals surface area contributed by atoms with E-state index in [2.05, 4.69) is 4.74 Å². The number of hydrogen-bond donors (Lipinski definition) is 3. The Morgan fingerprint density at radius 3 is 2.54 bits per heavy atom. The zero-order valence-corrected chi connectivity index (χ0v) is 7.08. The predicted octanol–water partition coefficient (Wildman–Crippen LogP) is -2.36. The van der Waals surface area contributed by atoms with Gasteiger partial charge in [0.05, 0.1) is 6.61 Å². The number of aliphatic hydroxyl groups excluding tert-OH is 3. The highest BCUT2D eigenvalue weighted by Crippen LogP contribution is 2.20. The number of cyclic esters (lactones) is 1. The smallest absolute Gasteiger partial charge is 0.338 e. The molecule has 0 aromatic carbocycles. The second-order valence-corrected chi connectivity index (χ2v) is 2.79. The maximum atomic E-state index is 10.8. The third-order valence-electron chi connectivity index (χ3n) is 2.00. The van der Waals surface area contributed by atoms with Crippen LogP contribution < -0.4 is 0 Å². The Morgan fingerprint density at radius 2 is 2.23 bits per heavy atom. The first-order valence-corrected chi connectivity index (χ1v) is 3.82. The van der Waals surface area contributed by atoms with Gasteiger partial charge in [-0.25, -0.2) is 4.79 Å². The molecule has 1 heterocycles. The Labute approximate surface area is 74.7 Å². The zero-order valence-electron chi connectivity index (χ0n) is 7.08. The first-order valence-electron chi connectivity index (χ1n) is 3.82. The van der Waals surface area contributed by atoms with Gasteiger partial charge in [-0.15, -0.1) is 0 Å². The monoisotopic (exact) mass is 192 g/mol. The highest BCUT2D eigenvalue weighted by molar-refractivity contribution is 5.77. The highest BCUT2D eigenvalue weighted by atomic mass is 16.6. The first-order chi connectivity index (χ1) is 6.11. The quantitative estimate of drug-likeness (QED) is 0.433. The van der Waals surface area contributed by atoms with Gasteiger partial charge in [-0.2, -0.15) is 0 Å². The maximum absolute atomic E-state index is 10.8. The summed E-state index contributed by atoms with van der Waals surface area (Å²) in [6, 6.07) is 0. The van der Waals surface area contributed by atoms with Crippen molar-refractivity contribution in [1.82, 2.24) is 0 Å². The molecule has 0 radical (unpaired) electrons. The summed E-state index contributed by atoms with van der Waals surface area (Å²) in [4.78, 5) is 10.8. The average molecular weight is 192 g/mol. The van der Waals surface area contributed by atoms with Crippen LogP contribution in [0.15, 0.2) is 0 Å². The van der Waals surface area contributed by atoms with Gasteiger partial charge in [-0.05, 0) is 0 Å². The topological polar surface area (TPSA) is 96.2 Å². The lowest BCUT2D eigenvalue weighted by atomic mass is 10.1. The second kappa shape index (κ2) is 4.01. The number of esters is 1. The van der Waals surface area contributed by atoms with Crippen molar-refractivity contribution >= 4 is 5.97 Å². The molecule has 6 heteroatoms. The molecular weight excluding hydrogens is 180 g/mol. The fourth-order valence-electron chi connectivity index (χ4n) is 1.20. The van der Waals surface area contributed by atoms with Crippen molar-refractivity contribution < 1.29 is 29.6 Å². The molecule has 0 bridgehead atoms. The van der Waals surface area contributed by atoms with Crippen molar-refractivity contribution in [2.75, 3.05) is 13.7 Å². The van der Waals surface area contributed by atoms with Crippen LogP contribution in [0.3, 0.4) is 0 Å². The van der Waals surface area contributed by atoms with E-state index in [1.54, 1.807) is 0 Å². The minimum Gasteiger partial charge on any atom is -0.455 e. The number of carbonyl (C=O) groups is 1. The van der Waals surface area contributed by atoms with Crippen LogP contribution in [-0.2, 0) is 14.3 Å². The van der Waals surface area contributed by atoms with Crippen molar-refractivity contribution in [2.45, 2.75) is 24.4 Å². The Kier molecular flexibility index (Phi) is 3.21. The molecule has 1 unspecified atom stereocenters. The molecular formula is C7H12O6. The Balaban J connectivity index is 2.66. The van der Waals surface area contributed by atoms with Gasteiger partial charge in [0.2, 0.25) is 0 Å². The van der Waals surface area contributed by atoms with E-state index in [9.17, 15) is 9.90 Å². The zero-order chi connectivity index (χ0) is 10.0. The van der Waals surface area contributed by atoms with Crippen molar-refractivity contribution in [3.05, 3.63) is 0 Å². The van der Waals surface area contributed by atoms with E-state index >= 15 is 0 Å². The molecule has 0 spiro atoms. The Hall–Kier alpha value is -0.690. The van der Waals surface area contributed by atoms with E-state index in [4.69, 9.17) is 14.9 Å².